The van der Waals surface area contributed by atoms with Crippen molar-refractivity contribution in [2.45, 2.75) is 6.54 Å². The molecule has 2 rings (SSSR count). The number of aromatic nitrogens is 4. The molecule has 0 aromatic carbocycles. The Bertz CT molecular complexity index is 540. The third-order valence-electron chi connectivity index (χ3n) is 1.61. The summed E-state index contributed by atoms with van der Waals surface area (Å²) >= 11 is 8.83. The fourth-order valence-corrected chi connectivity index (χ4v) is 2.32. The monoisotopic (exact) mass is 354 g/mol. The van der Waals surface area contributed by atoms with Crippen LogP contribution in [0.4, 0.5) is 0 Å². The highest BCUT2D eigenvalue weighted by atomic mass is 127. The van der Waals surface area contributed by atoms with Crippen molar-refractivity contribution in [2.75, 3.05) is 0 Å². The molecule has 15 heavy (non-hydrogen) atoms. The van der Waals surface area contributed by atoms with E-state index in [1.165, 1.54) is 28.4 Å². The molecule has 0 N–H and O–H groups in total. The maximum absolute atomic E-state index is 11.6. The molecule has 5 nitrogen and oxygen atoms in total. The Morgan fingerprint density at radius 1 is 1.53 bits per heavy atom. The number of hydrogen-bond donors (Lipinski definition) is 0. The fourth-order valence-electron chi connectivity index (χ4n) is 0.979. The molecule has 2 aromatic heterocycles. The van der Waals surface area contributed by atoms with Crippen LogP contribution in [0.2, 0.25) is 4.47 Å². The molecule has 8 heteroatoms. The maximum Gasteiger partial charge on any atom is 0.267 e. The minimum atomic E-state index is -0.0862. The van der Waals surface area contributed by atoms with E-state index in [9.17, 15) is 4.79 Å². The third kappa shape index (κ3) is 2.52. The van der Waals surface area contributed by atoms with Gasteiger partial charge in [0.05, 0.1) is 16.4 Å². The van der Waals surface area contributed by atoms with Gasteiger partial charge in [0.2, 0.25) is 4.47 Å². The van der Waals surface area contributed by atoms with E-state index in [0.717, 1.165) is 0 Å². The van der Waals surface area contributed by atoms with Gasteiger partial charge in [0.15, 0.2) is 0 Å². The largest absolute Gasteiger partial charge is 0.291 e. The minimum Gasteiger partial charge on any atom is -0.291 e. The van der Waals surface area contributed by atoms with Gasteiger partial charge >= 0.3 is 0 Å². The lowest BCUT2D eigenvalue weighted by Crippen LogP contribution is -2.22. The molecule has 2 heterocycles. The summed E-state index contributed by atoms with van der Waals surface area (Å²) < 4.78 is 2.42. The summed E-state index contributed by atoms with van der Waals surface area (Å²) in [4.78, 5) is 15.5. The molecule has 0 fully saturated rings. The molecule has 0 spiro atoms. The number of halogens is 2. The predicted molar refractivity (Wildman–Crippen MR) is 65.2 cm³/mol. The minimum absolute atomic E-state index is 0.0862. The molecule has 0 aliphatic carbocycles. The van der Waals surface area contributed by atoms with Crippen molar-refractivity contribution in [1.29, 1.82) is 0 Å². The van der Waals surface area contributed by atoms with Crippen LogP contribution in [0, 0.1) is 3.57 Å². The van der Waals surface area contributed by atoms with Gasteiger partial charge in [0.1, 0.15) is 5.01 Å². The molecular formula is C7H4ClIN4OS. The molecule has 0 atom stereocenters. The topological polar surface area (TPSA) is 60.7 Å². The lowest BCUT2D eigenvalue weighted by molar-refractivity contribution is 0.718. The van der Waals surface area contributed by atoms with Gasteiger partial charge in [-0.25, -0.2) is 4.98 Å². The molecule has 0 saturated carbocycles. The van der Waals surface area contributed by atoms with E-state index >= 15 is 0 Å². The van der Waals surface area contributed by atoms with Crippen molar-refractivity contribution in [3.05, 3.63) is 35.9 Å². The molecule has 0 aliphatic rings. The highest BCUT2D eigenvalue weighted by Gasteiger charge is 2.05. The highest BCUT2D eigenvalue weighted by Crippen LogP contribution is 2.15. The Morgan fingerprint density at radius 2 is 2.33 bits per heavy atom. The standard InChI is InChI=1S/C7H4ClIN4OS/c8-7-12-11-5(15-7)2-13-3-10-1-4(9)6(13)14/h1,3H,2H2. The molecular weight excluding hydrogens is 351 g/mol. The van der Waals surface area contributed by atoms with Gasteiger partial charge < -0.3 is 0 Å². The van der Waals surface area contributed by atoms with Crippen molar-refractivity contribution >= 4 is 45.5 Å². The number of rotatable bonds is 2. The summed E-state index contributed by atoms with van der Waals surface area (Å²) in [6.07, 6.45) is 2.99. The van der Waals surface area contributed by atoms with Crippen molar-refractivity contribution in [2.24, 2.45) is 0 Å². The van der Waals surface area contributed by atoms with Crippen LogP contribution in [0.25, 0.3) is 0 Å². The SMILES string of the molecule is O=c1c(I)cncn1Cc1nnc(Cl)s1. The highest BCUT2D eigenvalue weighted by molar-refractivity contribution is 14.1. The van der Waals surface area contributed by atoms with E-state index in [-0.39, 0.29) is 5.56 Å². The van der Waals surface area contributed by atoms with Crippen molar-refractivity contribution in [3.63, 3.8) is 0 Å². The Balaban J connectivity index is 2.32. The van der Waals surface area contributed by atoms with Crippen molar-refractivity contribution < 1.29 is 0 Å². The maximum atomic E-state index is 11.6. The van der Waals surface area contributed by atoms with E-state index in [4.69, 9.17) is 11.6 Å². The molecule has 0 unspecified atom stereocenters. The van der Waals surface area contributed by atoms with Gasteiger partial charge in [-0.1, -0.05) is 11.3 Å². The Hall–Kier alpha value is -0.540. The van der Waals surface area contributed by atoms with Crippen LogP contribution in [-0.4, -0.2) is 19.7 Å². The van der Waals surface area contributed by atoms with Gasteiger partial charge in [-0.15, -0.1) is 10.2 Å². The fraction of sp³-hybridized carbons (Fsp3) is 0.143. The Labute approximate surface area is 107 Å². The summed E-state index contributed by atoms with van der Waals surface area (Å²) in [5, 5.41) is 8.18. The van der Waals surface area contributed by atoms with Crippen LogP contribution in [0.3, 0.4) is 0 Å². The number of hydrogen-bond acceptors (Lipinski definition) is 5. The average molecular weight is 355 g/mol. The van der Waals surface area contributed by atoms with Gasteiger partial charge in [-0.05, 0) is 34.2 Å². The zero-order valence-electron chi connectivity index (χ0n) is 7.22. The normalized spacial score (nSPS) is 10.5. The second-order valence-corrected chi connectivity index (χ2v) is 5.43. The van der Waals surface area contributed by atoms with Gasteiger partial charge in [0.25, 0.3) is 5.56 Å². The van der Waals surface area contributed by atoms with Crippen LogP contribution < -0.4 is 5.56 Å². The average Bonchev–Trinajstić information content (AvgIpc) is 2.59. The Morgan fingerprint density at radius 3 is 3.00 bits per heavy atom. The third-order valence-corrected chi connectivity index (χ3v) is 3.35. The van der Waals surface area contributed by atoms with Crippen LogP contribution in [0.15, 0.2) is 17.3 Å². The quantitative estimate of drug-likeness (QED) is 0.765. The molecule has 0 bridgehead atoms. The van der Waals surface area contributed by atoms with Gasteiger partial charge in [-0.2, -0.15) is 0 Å². The van der Waals surface area contributed by atoms with Crippen LogP contribution >= 0.6 is 45.5 Å². The zero-order chi connectivity index (χ0) is 10.8. The first kappa shape index (κ1) is 11.0. The van der Waals surface area contributed by atoms with E-state index in [1.807, 2.05) is 22.6 Å². The molecule has 0 radical (unpaired) electrons. The summed E-state index contributed by atoms with van der Waals surface area (Å²) in [5.41, 5.74) is -0.0862. The molecule has 0 aliphatic heterocycles. The molecule has 78 valence electrons. The predicted octanol–water partition coefficient (Wildman–Crippen LogP) is 1.40. The zero-order valence-corrected chi connectivity index (χ0v) is 11.0. The van der Waals surface area contributed by atoms with Gasteiger partial charge in [0, 0.05) is 6.20 Å². The lowest BCUT2D eigenvalue weighted by atomic mass is 10.6. The summed E-state index contributed by atoms with van der Waals surface area (Å²) in [6, 6.07) is 0. The second-order valence-electron chi connectivity index (χ2n) is 2.62. The van der Waals surface area contributed by atoms with Crippen LogP contribution in [-0.2, 0) is 6.54 Å². The van der Waals surface area contributed by atoms with Crippen LogP contribution in [0.1, 0.15) is 5.01 Å². The van der Waals surface area contributed by atoms with E-state index in [0.29, 0.717) is 19.6 Å². The first-order chi connectivity index (χ1) is 7.16. The number of nitrogens with zero attached hydrogens (tertiary/aromatic N) is 4. The second kappa shape index (κ2) is 4.54. The molecule has 0 amide bonds. The first-order valence-electron chi connectivity index (χ1n) is 3.84. The smallest absolute Gasteiger partial charge is 0.267 e. The van der Waals surface area contributed by atoms with Gasteiger partial charge in [-0.3, -0.25) is 9.36 Å². The Kier molecular flexibility index (Phi) is 3.32. The first-order valence-corrected chi connectivity index (χ1v) is 6.12. The van der Waals surface area contributed by atoms with E-state index in [1.54, 1.807) is 0 Å². The van der Waals surface area contributed by atoms with Crippen molar-refractivity contribution in [3.8, 4) is 0 Å². The lowest BCUT2D eigenvalue weighted by Gasteiger charge is -2.00. The summed E-state index contributed by atoms with van der Waals surface area (Å²) in [5.74, 6) is 0. The molecule has 0 saturated heterocycles. The van der Waals surface area contributed by atoms with Crippen LogP contribution in [0.5, 0.6) is 0 Å². The van der Waals surface area contributed by atoms with E-state index < -0.39 is 0 Å². The summed E-state index contributed by atoms with van der Waals surface area (Å²) in [7, 11) is 0. The summed E-state index contributed by atoms with van der Waals surface area (Å²) in [6.45, 7) is 0.354. The van der Waals surface area contributed by atoms with E-state index in [2.05, 4.69) is 15.2 Å². The van der Waals surface area contributed by atoms with Crippen molar-refractivity contribution in [1.82, 2.24) is 19.7 Å². The molecule has 2 aromatic rings.